The maximum Gasteiger partial charge on any atom is 0.227 e. The van der Waals surface area contributed by atoms with Crippen molar-refractivity contribution in [2.45, 2.75) is 6.42 Å². The van der Waals surface area contributed by atoms with Gasteiger partial charge in [-0.25, -0.2) is 4.39 Å². The first kappa shape index (κ1) is 10.6. The third-order valence-corrected chi connectivity index (χ3v) is 2.67. The van der Waals surface area contributed by atoms with E-state index in [2.05, 4.69) is 0 Å². The minimum atomic E-state index is -0.474. The Morgan fingerprint density at radius 1 is 1.38 bits per heavy atom. The number of hydrogen-bond donors (Lipinski definition) is 1. The zero-order valence-electron chi connectivity index (χ0n) is 8.52. The molecule has 1 heterocycles. The van der Waals surface area contributed by atoms with Crippen LogP contribution in [0.3, 0.4) is 0 Å². The van der Waals surface area contributed by atoms with Gasteiger partial charge < -0.3 is 10.6 Å². The van der Waals surface area contributed by atoms with E-state index in [9.17, 15) is 14.0 Å². The van der Waals surface area contributed by atoms with E-state index in [-0.39, 0.29) is 24.7 Å². The van der Waals surface area contributed by atoms with E-state index in [4.69, 9.17) is 5.73 Å². The number of rotatable bonds is 2. The Kier molecular flexibility index (Phi) is 2.60. The highest BCUT2D eigenvalue weighted by Gasteiger charge is 2.33. The van der Waals surface area contributed by atoms with Crippen molar-refractivity contribution in [3.05, 3.63) is 30.1 Å². The summed E-state index contributed by atoms with van der Waals surface area (Å²) in [5.74, 6) is -1.44. The van der Waals surface area contributed by atoms with Crippen LogP contribution < -0.4 is 10.6 Å². The number of amides is 2. The van der Waals surface area contributed by atoms with Gasteiger partial charge in [0.2, 0.25) is 11.8 Å². The molecule has 1 saturated heterocycles. The molecule has 0 spiro atoms. The highest BCUT2D eigenvalue weighted by Crippen LogP contribution is 2.24. The number of primary amides is 1. The molecule has 1 atom stereocenters. The Labute approximate surface area is 91.8 Å². The molecule has 1 aromatic carbocycles. The molecule has 84 valence electrons. The van der Waals surface area contributed by atoms with Gasteiger partial charge in [0.15, 0.2) is 0 Å². The van der Waals surface area contributed by atoms with Crippen molar-refractivity contribution in [2.24, 2.45) is 11.7 Å². The highest BCUT2D eigenvalue weighted by molar-refractivity contribution is 5.99. The number of hydrogen-bond acceptors (Lipinski definition) is 2. The standard InChI is InChI=1S/C11H11FN2O2/c12-8-1-3-9(4-2-8)14-6-7(11(13)16)5-10(14)15/h1-4,7H,5-6H2,(H2,13,16)/t7-/m1/s1. The number of nitrogens with two attached hydrogens (primary N) is 1. The second kappa shape index (κ2) is 3.92. The van der Waals surface area contributed by atoms with Crippen molar-refractivity contribution in [3.8, 4) is 0 Å². The van der Waals surface area contributed by atoms with Gasteiger partial charge in [-0.1, -0.05) is 0 Å². The Morgan fingerprint density at radius 3 is 2.50 bits per heavy atom. The van der Waals surface area contributed by atoms with Crippen LogP contribution in [0.15, 0.2) is 24.3 Å². The average Bonchev–Trinajstić information content (AvgIpc) is 2.62. The average molecular weight is 222 g/mol. The molecule has 16 heavy (non-hydrogen) atoms. The third-order valence-electron chi connectivity index (χ3n) is 2.67. The summed E-state index contributed by atoms with van der Waals surface area (Å²) >= 11 is 0. The lowest BCUT2D eigenvalue weighted by Gasteiger charge is -2.15. The van der Waals surface area contributed by atoms with E-state index in [0.717, 1.165) is 0 Å². The fourth-order valence-corrected chi connectivity index (χ4v) is 1.77. The number of halogens is 1. The van der Waals surface area contributed by atoms with Gasteiger partial charge in [0.1, 0.15) is 5.82 Å². The summed E-state index contributed by atoms with van der Waals surface area (Å²) in [5.41, 5.74) is 5.74. The quantitative estimate of drug-likeness (QED) is 0.799. The van der Waals surface area contributed by atoms with Gasteiger partial charge in [0, 0.05) is 18.7 Å². The minimum Gasteiger partial charge on any atom is -0.369 e. The zero-order chi connectivity index (χ0) is 11.7. The van der Waals surface area contributed by atoms with Crippen LogP contribution in [0.4, 0.5) is 10.1 Å². The largest absolute Gasteiger partial charge is 0.369 e. The number of carbonyl (C=O) groups is 2. The lowest BCUT2D eigenvalue weighted by molar-refractivity contribution is -0.123. The molecular formula is C11H11FN2O2. The van der Waals surface area contributed by atoms with Crippen molar-refractivity contribution in [1.82, 2.24) is 0 Å². The van der Waals surface area contributed by atoms with Crippen molar-refractivity contribution < 1.29 is 14.0 Å². The lowest BCUT2D eigenvalue weighted by atomic mass is 10.1. The molecule has 0 aromatic heterocycles. The summed E-state index contributed by atoms with van der Waals surface area (Å²) in [5, 5.41) is 0. The van der Waals surface area contributed by atoms with Gasteiger partial charge in [-0.15, -0.1) is 0 Å². The molecule has 1 fully saturated rings. The molecule has 0 bridgehead atoms. The molecular weight excluding hydrogens is 211 g/mol. The minimum absolute atomic E-state index is 0.132. The van der Waals surface area contributed by atoms with Crippen molar-refractivity contribution >= 4 is 17.5 Å². The van der Waals surface area contributed by atoms with E-state index in [1.807, 2.05) is 0 Å². The Bertz CT molecular complexity index is 430. The molecule has 0 aliphatic carbocycles. The molecule has 0 radical (unpaired) electrons. The zero-order valence-corrected chi connectivity index (χ0v) is 8.52. The number of nitrogens with zero attached hydrogens (tertiary/aromatic N) is 1. The van der Waals surface area contributed by atoms with Gasteiger partial charge in [0.05, 0.1) is 5.92 Å². The molecule has 0 saturated carbocycles. The summed E-state index contributed by atoms with van der Waals surface area (Å²) in [4.78, 5) is 24.0. The van der Waals surface area contributed by atoms with E-state index in [0.29, 0.717) is 5.69 Å². The van der Waals surface area contributed by atoms with Crippen LogP contribution in [0.25, 0.3) is 0 Å². The summed E-state index contributed by atoms with van der Waals surface area (Å²) in [7, 11) is 0. The van der Waals surface area contributed by atoms with Crippen molar-refractivity contribution in [1.29, 1.82) is 0 Å². The molecule has 1 aliphatic rings. The molecule has 4 nitrogen and oxygen atoms in total. The van der Waals surface area contributed by atoms with Crippen molar-refractivity contribution in [3.63, 3.8) is 0 Å². The van der Waals surface area contributed by atoms with Crippen LogP contribution in [-0.4, -0.2) is 18.4 Å². The Balaban J connectivity index is 2.20. The van der Waals surface area contributed by atoms with E-state index < -0.39 is 11.8 Å². The van der Waals surface area contributed by atoms with Crippen LogP contribution in [0.5, 0.6) is 0 Å². The topological polar surface area (TPSA) is 63.4 Å². The second-order valence-electron chi connectivity index (χ2n) is 3.78. The molecule has 1 aromatic rings. The van der Waals surface area contributed by atoms with Crippen LogP contribution in [0.1, 0.15) is 6.42 Å². The van der Waals surface area contributed by atoms with E-state index in [1.54, 1.807) is 0 Å². The smallest absolute Gasteiger partial charge is 0.227 e. The van der Waals surface area contributed by atoms with Gasteiger partial charge in [-0.3, -0.25) is 9.59 Å². The first-order valence-electron chi connectivity index (χ1n) is 4.93. The van der Waals surface area contributed by atoms with Crippen LogP contribution in [0.2, 0.25) is 0 Å². The fraction of sp³-hybridized carbons (Fsp3) is 0.273. The van der Waals surface area contributed by atoms with E-state index in [1.165, 1.54) is 29.2 Å². The summed E-state index contributed by atoms with van der Waals surface area (Å²) < 4.78 is 12.7. The second-order valence-corrected chi connectivity index (χ2v) is 3.78. The predicted molar refractivity (Wildman–Crippen MR) is 56.1 cm³/mol. The van der Waals surface area contributed by atoms with Gasteiger partial charge in [0.25, 0.3) is 0 Å². The lowest BCUT2D eigenvalue weighted by Crippen LogP contribution is -2.28. The number of anilines is 1. The molecule has 2 N–H and O–H groups in total. The molecule has 2 rings (SSSR count). The highest BCUT2D eigenvalue weighted by atomic mass is 19.1. The summed E-state index contributed by atoms with van der Waals surface area (Å²) in [6.45, 7) is 0.278. The maximum absolute atomic E-state index is 12.7. The van der Waals surface area contributed by atoms with Gasteiger partial charge >= 0.3 is 0 Å². The van der Waals surface area contributed by atoms with Crippen LogP contribution in [-0.2, 0) is 9.59 Å². The molecule has 0 unspecified atom stereocenters. The van der Waals surface area contributed by atoms with E-state index >= 15 is 0 Å². The molecule has 5 heteroatoms. The third kappa shape index (κ3) is 1.88. The predicted octanol–water partition coefficient (Wildman–Crippen LogP) is 0.664. The van der Waals surface area contributed by atoms with Crippen LogP contribution >= 0.6 is 0 Å². The molecule has 2 amide bonds. The summed E-state index contributed by atoms with van der Waals surface area (Å²) in [6.07, 6.45) is 0.132. The molecule has 1 aliphatic heterocycles. The van der Waals surface area contributed by atoms with Crippen LogP contribution in [0, 0.1) is 11.7 Å². The summed E-state index contributed by atoms with van der Waals surface area (Å²) in [6, 6.07) is 5.58. The number of benzene rings is 1. The van der Waals surface area contributed by atoms with Gasteiger partial charge in [-0.2, -0.15) is 0 Å². The van der Waals surface area contributed by atoms with Gasteiger partial charge in [-0.05, 0) is 24.3 Å². The Hall–Kier alpha value is -1.91. The van der Waals surface area contributed by atoms with Crippen molar-refractivity contribution in [2.75, 3.05) is 11.4 Å². The fourth-order valence-electron chi connectivity index (χ4n) is 1.77. The normalized spacial score (nSPS) is 20.2. The first-order valence-corrected chi connectivity index (χ1v) is 4.93. The SMILES string of the molecule is NC(=O)[C@@H]1CC(=O)N(c2ccc(F)cc2)C1. The maximum atomic E-state index is 12.7. The monoisotopic (exact) mass is 222 g/mol. The first-order chi connectivity index (χ1) is 7.58. The number of carbonyl (C=O) groups excluding carboxylic acids is 2. The Morgan fingerprint density at radius 2 is 2.00 bits per heavy atom.